The maximum Gasteiger partial charge on any atom is 3.00 e. The standard InChI is InChI=1S/C8H12.Au.3ClH/c1-2-4-6-8-7-5-3-1;;;;/h1-2,7-8H,3-6H2;;3*1H/q;+3;;;/p-3/b2-1-,8-7?;;;;. The molecule has 0 radical (unpaired) electrons. The first-order valence-corrected chi connectivity index (χ1v) is 3.30. The second kappa shape index (κ2) is 18.0. The Bertz CT molecular complexity index is 86.9. The van der Waals surface area contributed by atoms with Crippen LogP contribution in [0, 0.1) is 0 Å². The van der Waals surface area contributed by atoms with Crippen LogP contribution in [0.2, 0.25) is 0 Å². The molecule has 0 saturated heterocycles. The van der Waals surface area contributed by atoms with E-state index in [0.717, 1.165) is 0 Å². The van der Waals surface area contributed by atoms with Crippen molar-refractivity contribution in [2.24, 2.45) is 0 Å². The molecule has 1 rings (SSSR count). The topological polar surface area (TPSA) is 0 Å². The van der Waals surface area contributed by atoms with Gasteiger partial charge in [-0.3, -0.25) is 0 Å². The second-order valence-corrected chi connectivity index (χ2v) is 2.10. The van der Waals surface area contributed by atoms with E-state index in [1.54, 1.807) is 0 Å². The van der Waals surface area contributed by atoms with Crippen molar-refractivity contribution in [3.05, 3.63) is 24.3 Å². The molecule has 0 aromatic carbocycles. The quantitative estimate of drug-likeness (QED) is 0.275. The molecule has 0 N–H and O–H groups in total. The van der Waals surface area contributed by atoms with Gasteiger partial charge >= 0.3 is 22.4 Å². The van der Waals surface area contributed by atoms with Gasteiger partial charge in [0.15, 0.2) is 0 Å². The molecule has 0 atom stereocenters. The number of halogens is 3. The van der Waals surface area contributed by atoms with E-state index in [2.05, 4.69) is 24.3 Å². The fourth-order valence-electron chi connectivity index (χ4n) is 0.856. The van der Waals surface area contributed by atoms with Crippen LogP contribution in [0.5, 0.6) is 0 Å². The Morgan fingerprint density at radius 1 is 0.500 bits per heavy atom. The molecule has 76 valence electrons. The smallest absolute Gasteiger partial charge is 1.00 e. The Morgan fingerprint density at radius 3 is 0.833 bits per heavy atom. The molecule has 0 fully saturated rings. The molecule has 0 aromatic heterocycles. The molecule has 12 heavy (non-hydrogen) atoms. The van der Waals surface area contributed by atoms with Crippen molar-refractivity contribution < 1.29 is 59.6 Å². The normalized spacial score (nSPS) is 16.0. The van der Waals surface area contributed by atoms with Gasteiger partial charge in [-0.25, -0.2) is 0 Å². The van der Waals surface area contributed by atoms with Crippen molar-refractivity contribution >= 4 is 0 Å². The maximum absolute atomic E-state index is 2.27. The fraction of sp³-hybridized carbons (Fsp3) is 0.500. The van der Waals surface area contributed by atoms with E-state index in [1.165, 1.54) is 25.7 Å². The van der Waals surface area contributed by atoms with Crippen molar-refractivity contribution in [3.8, 4) is 0 Å². The van der Waals surface area contributed by atoms with E-state index in [9.17, 15) is 0 Å². The van der Waals surface area contributed by atoms with Gasteiger partial charge in [-0.1, -0.05) is 24.3 Å². The molecule has 0 nitrogen and oxygen atoms in total. The summed E-state index contributed by atoms with van der Waals surface area (Å²) in [4.78, 5) is 0. The molecule has 0 heterocycles. The third-order valence-electron chi connectivity index (χ3n) is 1.33. The molecule has 1 aliphatic carbocycles. The molecule has 0 aliphatic heterocycles. The van der Waals surface area contributed by atoms with Gasteiger partial charge in [0.05, 0.1) is 0 Å². The van der Waals surface area contributed by atoms with Gasteiger partial charge in [-0.05, 0) is 25.7 Å². The van der Waals surface area contributed by atoms with Crippen molar-refractivity contribution in [1.29, 1.82) is 0 Å². The van der Waals surface area contributed by atoms with E-state index in [1.807, 2.05) is 0 Å². The molecule has 1 aliphatic rings. The zero-order valence-electron chi connectivity index (χ0n) is 6.57. The zero-order chi connectivity index (χ0) is 5.66. The van der Waals surface area contributed by atoms with Gasteiger partial charge in [-0.2, -0.15) is 0 Å². The minimum absolute atomic E-state index is 0. The Morgan fingerprint density at radius 2 is 0.667 bits per heavy atom. The Hall–Kier alpha value is 1.09. The molecule has 0 aromatic rings. The summed E-state index contributed by atoms with van der Waals surface area (Å²) in [6.45, 7) is 0. The molecular formula is C8H12AuCl3. The first-order valence-electron chi connectivity index (χ1n) is 3.30. The predicted octanol–water partition coefficient (Wildman–Crippen LogP) is -6.32. The van der Waals surface area contributed by atoms with Crippen LogP contribution in [-0.4, -0.2) is 0 Å². The zero-order valence-corrected chi connectivity index (χ0v) is 11.0. The van der Waals surface area contributed by atoms with Crippen LogP contribution in [0.25, 0.3) is 0 Å². The van der Waals surface area contributed by atoms with Crippen LogP contribution in [0.1, 0.15) is 25.7 Å². The second-order valence-electron chi connectivity index (χ2n) is 2.10. The van der Waals surface area contributed by atoms with Crippen molar-refractivity contribution in [2.75, 3.05) is 0 Å². The number of allylic oxidation sites excluding steroid dienone is 4. The largest absolute Gasteiger partial charge is 3.00 e. The molecular weight excluding hydrogens is 399 g/mol. The van der Waals surface area contributed by atoms with Gasteiger partial charge < -0.3 is 37.2 Å². The minimum atomic E-state index is 0. The summed E-state index contributed by atoms with van der Waals surface area (Å²) in [5.74, 6) is 0. The molecule has 0 saturated carbocycles. The minimum Gasteiger partial charge on any atom is -1.00 e. The van der Waals surface area contributed by atoms with E-state index in [4.69, 9.17) is 0 Å². The van der Waals surface area contributed by atoms with Crippen LogP contribution in [0.15, 0.2) is 24.3 Å². The Labute approximate surface area is 109 Å². The molecule has 0 spiro atoms. The molecule has 0 bridgehead atoms. The SMILES string of the molecule is C1=CCC/C=C\CC1.[Au+3].[Cl-].[Cl-].[Cl-]. The number of hydrogen-bond donors (Lipinski definition) is 0. The van der Waals surface area contributed by atoms with Gasteiger partial charge in [-0.15, -0.1) is 0 Å². The Kier molecular flexibility index (Phi) is 34.7. The van der Waals surface area contributed by atoms with E-state index in [0.29, 0.717) is 0 Å². The van der Waals surface area contributed by atoms with E-state index >= 15 is 0 Å². The van der Waals surface area contributed by atoms with E-state index < -0.39 is 0 Å². The molecule has 4 heteroatoms. The van der Waals surface area contributed by atoms with Crippen LogP contribution < -0.4 is 37.2 Å². The molecule has 0 amide bonds. The maximum atomic E-state index is 2.27. The third-order valence-corrected chi connectivity index (χ3v) is 1.33. The molecule has 0 unspecified atom stereocenters. The van der Waals surface area contributed by atoms with Crippen LogP contribution in [0.3, 0.4) is 0 Å². The number of hydrogen-bond acceptors (Lipinski definition) is 0. The van der Waals surface area contributed by atoms with Gasteiger partial charge in [0.25, 0.3) is 0 Å². The summed E-state index contributed by atoms with van der Waals surface area (Å²) >= 11 is 0. The van der Waals surface area contributed by atoms with Gasteiger partial charge in [0.2, 0.25) is 0 Å². The van der Waals surface area contributed by atoms with Crippen LogP contribution in [-0.2, 0) is 22.4 Å². The summed E-state index contributed by atoms with van der Waals surface area (Å²) in [5.41, 5.74) is 0. The fourth-order valence-corrected chi connectivity index (χ4v) is 0.856. The monoisotopic (exact) mass is 410 g/mol. The Balaban J connectivity index is -0.0000000800. The van der Waals surface area contributed by atoms with Crippen LogP contribution >= 0.6 is 0 Å². The number of rotatable bonds is 0. The first kappa shape index (κ1) is 23.2. The van der Waals surface area contributed by atoms with Gasteiger partial charge in [0, 0.05) is 0 Å². The summed E-state index contributed by atoms with van der Waals surface area (Å²) in [6, 6.07) is 0. The summed E-state index contributed by atoms with van der Waals surface area (Å²) in [5, 5.41) is 0. The predicted molar refractivity (Wildman–Crippen MR) is 36.7 cm³/mol. The van der Waals surface area contributed by atoms with Crippen molar-refractivity contribution in [1.82, 2.24) is 0 Å². The van der Waals surface area contributed by atoms with Gasteiger partial charge in [0.1, 0.15) is 0 Å². The summed E-state index contributed by atoms with van der Waals surface area (Å²) < 4.78 is 0. The summed E-state index contributed by atoms with van der Waals surface area (Å²) in [7, 11) is 0. The summed E-state index contributed by atoms with van der Waals surface area (Å²) in [6.07, 6.45) is 14.0. The average molecular weight is 412 g/mol. The average Bonchev–Trinajstić information content (AvgIpc) is 1.62. The van der Waals surface area contributed by atoms with Crippen molar-refractivity contribution in [2.45, 2.75) is 25.7 Å². The van der Waals surface area contributed by atoms with Crippen molar-refractivity contribution in [3.63, 3.8) is 0 Å². The van der Waals surface area contributed by atoms with E-state index in [-0.39, 0.29) is 59.6 Å². The first-order chi connectivity index (χ1) is 4.00. The van der Waals surface area contributed by atoms with Crippen LogP contribution in [0.4, 0.5) is 0 Å². The third kappa shape index (κ3) is 13.7.